The van der Waals surface area contributed by atoms with Crippen LogP contribution in [0.1, 0.15) is 29.6 Å². The number of ether oxygens (including phenoxy) is 2. The summed E-state index contributed by atoms with van der Waals surface area (Å²) >= 11 is 0. The zero-order valence-electron chi connectivity index (χ0n) is 10.9. The summed E-state index contributed by atoms with van der Waals surface area (Å²) in [6.45, 7) is 0.912. The number of methoxy groups -OCH3 is 2. The number of nitrogens with one attached hydrogen (secondary N) is 1. The molecule has 1 unspecified atom stereocenters. The van der Waals surface area contributed by atoms with Crippen molar-refractivity contribution in [1.29, 1.82) is 0 Å². The molecule has 0 amide bonds. The molecule has 1 fully saturated rings. The fraction of sp³-hybridized carbons (Fsp3) is 0.500. The molecule has 2 rings (SSSR count). The number of hydrogen-bond acceptors (Lipinski definition) is 4. The Morgan fingerprint density at radius 2 is 2.11 bits per heavy atom. The van der Waals surface area contributed by atoms with E-state index in [9.17, 15) is 4.79 Å². The van der Waals surface area contributed by atoms with Crippen LogP contribution in [0.5, 0.6) is 11.5 Å². The standard InChI is InChI=1S/C14H19NO3/c1-17-10-6-7-11(13(9-10)18-2)14(16)12-5-3-4-8-15-12/h6-7,9,12,15H,3-5,8H2,1-2H3. The fourth-order valence-electron chi connectivity index (χ4n) is 2.27. The minimum Gasteiger partial charge on any atom is -0.497 e. The predicted molar refractivity (Wildman–Crippen MR) is 69.5 cm³/mol. The first-order chi connectivity index (χ1) is 8.76. The molecule has 0 aromatic heterocycles. The summed E-state index contributed by atoms with van der Waals surface area (Å²) in [5.41, 5.74) is 0.623. The monoisotopic (exact) mass is 249 g/mol. The van der Waals surface area contributed by atoms with E-state index < -0.39 is 0 Å². The second-order valence-corrected chi connectivity index (χ2v) is 4.43. The summed E-state index contributed by atoms with van der Waals surface area (Å²) in [6.07, 6.45) is 3.14. The zero-order valence-corrected chi connectivity index (χ0v) is 10.9. The van der Waals surface area contributed by atoms with Gasteiger partial charge in [0, 0.05) is 6.07 Å². The summed E-state index contributed by atoms with van der Waals surface area (Å²) in [5.74, 6) is 1.38. The van der Waals surface area contributed by atoms with Gasteiger partial charge in [-0.15, -0.1) is 0 Å². The molecule has 0 bridgehead atoms. The lowest BCUT2D eigenvalue weighted by Crippen LogP contribution is -2.40. The lowest BCUT2D eigenvalue weighted by molar-refractivity contribution is 0.0924. The van der Waals surface area contributed by atoms with Crippen molar-refractivity contribution in [1.82, 2.24) is 5.32 Å². The molecule has 98 valence electrons. The van der Waals surface area contributed by atoms with Gasteiger partial charge in [0.25, 0.3) is 0 Å². The molecular weight excluding hydrogens is 230 g/mol. The predicted octanol–water partition coefficient (Wildman–Crippen LogP) is 2.03. The van der Waals surface area contributed by atoms with Crippen LogP contribution in [0, 0.1) is 0 Å². The van der Waals surface area contributed by atoms with Crippen molar-refractivity contribution in [2.24, 2.45) is 0 Å². The molecule has 1 N–H and O–H groups in total. The van der Waals surface area contributed by atoms with Gasteiger partial charge in [0.2, 0.25) is 0 Å². The molecule has 1 heterocycles. The third kappa shape index (κ3) is 2.64. The number of piperidine rings is 1. The van der Waals surface area contributed by atoms with Crippen LogP contribution >= 0.6 is 0 Å². The van der Waals surface area contributed by atoms with E-state index in [1.807, 2.05) is 0 Å². The van der Waals surface area contributed by atoms with Gasteiger partial charge in [-0.3, -0.25) is 4.79 Å². The SMILES string of the molecule is COc1ccc(C(=O)C2CCCCN2)c(OC)c1. The maximum Gasteiger partial charge on any atom is 0.183 e. The van der Waals surface area contributed by atoms with Crippen LogP contribution in [0.2, 0.25) is 0 Å². The number of carbonyl (C=O) groups excluding carboxylic acids is 1. The molecule has 0 radical (unpaired) electrons. The van der Waals surface area contributed by atoms with E-state index in [0.717, 1.165) is 25.8 Å². The van der Waals surface area contributed by atoms with Crippen molar-refractivity contribution in [3.63, 3.8) is 0 Å². The number of ketones is 1. The third-order valence-electron chi connectivity index (χ3n) is 3.30. The summed E-state index contributed by atoms with van der Waals surface area (Å²) in [4.78, 5) is 12.4. The smallest absolute Gasteiger partial charge is 0.183 e. The highest BCUT2D eigenvalue weighted by Gasteiger charge is 2.24. The van der Waals surface area contributed by atoms with Gasteiger partial charge >= 0.3 is 0 Å². The Morgan fingerprint density at radius 1 is 1.28 bits per heavy atom. The first-order valence-corrected chi connectivity index (χ1v) is 6.26. The normalized spacial score (nSPS) is 19.3. The summed E-state index contributed by atoms with van der Waals surface area (Å²) in [5, 5.41) is 3.26. The van der Waals surface area contributed by atoms with Crippen molar-refractivity contribution in [2.75, 3.05) is 20.8 Å². The fourth-order valence-corrected chi connectivity index (χ4v) is 2.27. The largest absolute Gasteiger partial charge is 0.497 e. The van der Waals surface area contributed by atoms with E-state index in [1.54, 1.807) is 32.4 Å². The average molecular weight is 249 g/mol. The quantitative estimate of drug-likeness (QED) is 0.829. The van der Waals surface area contributed by atoms with Crippen molar-refractivity contribution in [3.05, 3.63) is 23.8 Å². The number of hydrogen-bond donors (Lipinski definition) is 1. The number of Topliss-reactive ketones (excluding diaryl/α,β-unsaturated/α-hetero) is 1. The second kappa shape index (κ2) is 5.87. The van der Waals surface area contributed by atoms with Crippen LogP contribution in [0.25, 0.3) is 0 Å². The maximum atomic E-state index is 12.4. The molecule has 1 aromatic carbocycles. The van der Waals surface area contributed by atoms with Crippen LogP contribution in [-0.2, 0) is 0 Å². The Morgan fingerprint density at radius 3 is 2.72 bits per heavy atom. The van der Waals surface area contributed by atoms with Gasteiger partial charge in [-0.05, 0) is 31.5 Å². The third-order valence-corrected chi connectivity index (χ3v) is 3.30. The van der Waals surface area contributed by atoms with Crippen LogP contribution in [-0.4, -0.2) is 32.6 Å². The van der Waals surface area contributed by atoms with Crippen LogP contribution < -0.4 is 14.8 Å². The van der Waals surface area contributed by atoms with E-state index in [0.29, 0.717) is 17.1 Å². The molecule has 1 aromatic rings. The molecule has 0 aliphatic carbocycles. The van der Waals surface area contributed by atoms with Gasteiger partial charge in [-0.25, -0.2) is 0 Å². The van der Waals surface area contributed by atoms with Gasteiger partial charge in [0.1, 0.15) is 11.5 Å². The molecule has 1 saturated heterocycles. The summed E-state index contributed by atoms with van der Waals surface area (Å²) in [7, 11) is 3.17. The molecular formula is C14H19NO3. The lowest BCUT2D eigenvalue weighted by Gasteiger charge is -2.23. The molecule has 1 aliphatic rings. The van der Waals surface area contributed by atoms with E-state index in [4.69, 9.17) is 9.47 Å². The van der Waals surface area contributed by atoms with Gasteiger partial charge in [0.05, 0.1) is 25.8 Å². The molecule has 1 aliphatic heterocycles. The first-order valence-electron chi connectivity index (χ1n) is 6.26. The summed E-state index contributed by atoms with van der Waals surface area (Å²) < 4.78 is 10.4. The number of rotatable bonds is 4. The number of carbonyl (C=O) groups is 1. The van der Waals surface area contributed by atoms with Gasteiger partial charge < -0.3 is 14.8 Å². The van der Waals surface area contributed by atoms with Crippen LogP contribution in [0.3, 0.4) is 0 Å². The minimum absolute atomic E-state index is 0.0824. The second-order valence-electron chi connectivity index (χ2n) is 4.43. The van der Waals surface area contributed by atoms with Crippen LogP contribution in [0.15, 0.2) is 18.2 Å². The zero-order chi connectivity index (χ0) is 13.0. The first kappa shape index (κ1) is 12.9. The van der Waals surface area contributed by atoms with Gasteiger partial charge in [-0.1, -0.05) is 6.42 Å². The molecule has 0 saturated carbocycles. The van der Waals surface area contributed by atoms with Crippen molar-refractivity contribution >= 4 is 5.78 Å². The number of benzene rings is 1. The topological polar surface area (TPSA) is 47.6 Å². The van der Waals surface area contributed by atoms with E-state index >= 15 is 0 Å². The van der Waals surface area contributed by atoms with Crippen molar-refractivity contribution < 1.29 is 14.3 Å². The van der Waals surface area contributed by atoms with Crippen LogP contribution in [0.4, 0.5) is 0 Å². The summed E-state index contributed by atoms with van der Waals surface area (Å²) in [6, 6.07) is 5.23. The Hall–Kier alpha value is -1.55. The van der Waals surface area contributed by atoms with Gasteiger partial charge in [-0.2, -0.15) is 0 Å². The average Bonchev–Trinajstić information content (AvgIpc) is 2.46. The highest BCUT2D eigenvalue weighted by molar-refractivity contribution is 6.02. The van der Waals surface area contributed by atoms with Crippen molar-refractivity contribution in [3.8, 4) is 11.5 Å². The highest BCUT2D eigenvalue weighted by Crippen LogP contribution is 2.26. The van der Waals surface area contributed by atoms with Gasteiger partial charge in [0.15, 0.2) is 5.78 Å². The minimum atomic E-state index is -0.0824. The Bertz CT molecular complexity index is 425. The van der Waals surface area contributed by atoms with E-state index in [2.05, 4.69) is 5.32 Å². The molecule has 4 nitrogen and oxygen atoms in total. The Labute approximate surface area is 107 Å². The molecule has 4 heteroatoms. The van der Waals surface area contributed by atoms with E-state index in [-0.39, 0.29) is 11.8 Å². The Kier molecular flexibility index (Phi) is 4.20. The molecule has 0 spiro atoms. The highest BCUT2D eigenvalue weighted by atomic mass is 16.5. The molecule has 1 atom stereocenters. The van der Waals surface area contributed by atoms with E-state index in [1.165, 1.54) is 0 Å². The van der Waals surface area contributed by atoms with Crippen molar-refractivity contribution in [2.45, 2.75) is 25.3 Å². The maximum absolute atomic E-state index is 12.4. The molecule has 18 heavy (non-hydrogen) atoms. The lowest BCUT2D eigenvalue weighted by atomic mass is 9.96. The Balaban J connectivity index is 2.23.